The Morgan fingerprint density at radius 3 is 2.45 bits per heavy atom. The molecule has 0 saturated carbocycles. The Morgan fingerprint density at radius 1 is 1.05 bits per heavy atom. The van der Waals surface area contributed by atoms with Crippen molar-refractivity contribution < 1.29 is 0 Å². The average Bonchev–Trinajstić information content (AvgIpc) is 2.48. The topological polar surface area (TPSA) is 53.1 Å². The third kappa shape index (κ3) is 2.82. The standard InChI is InChI=1S/C17H21N3/c1-3-13-8-7-10-15(12-13)20(17(18)19)16-11-6-5-9-14(16)4-2/h5-12H,3-4H2,1-2H3,(H3,18,19). The van der Waals surface area contributed by atoms with Crippen molar-refractivity contribution >= 4 is 17.3 Å². The second-order valence-corrected chi connectivity index (χ2v) is 4.73. The van der Waals surface area contributed by atoms with Crippen molar-refractivity contribution in [2.45, 2.75) is 26.7 Å². The Morgan fingerprint density at radius 2 is 1.80 bits per heavy atom. The number of aryl methyl sites for hydroxylation is 2. The van der Waals surface area contributed by atoms with Crippen LogP contribution in [0.5, 0.6) is 0 Å². The average molecular weight is 267 g/mol. The number of anilines is 2. The van der Waals surface area contributed by atoms with E-state index in [-0.39, 0.29) is 5.96 Å². The summed E-state index contributed by atoms with van der Waals surface area (Å²) in [6.07, 6.45) is 1.88. The molecule has 20 heavy (non-hydrogen) atoms. The quantitative estimate of drug-likeness (QED) is 0.653. The Balaban J connectivity index is 2.53. The normalized spacial score (nSPS) is 10.3. The number of para-hydroxylation sites is 1. The molecular formula is C17H21N3. The van der Waals surface area contributed by atoms with Crippen molar-refractivity contribution in [2.24, 2.45) is 5.73 Å². The highest BCUT2D eigenvalue weighted by molar-refractivity contribution is 6.00. The van der Waals surface area contributed by atoms with Gasteiger partial charge in [0.25, 0.3) is 0 Å². The first-order valence-corrected chi connectivity index (χ1v) is 6.98. The van der Waals surface area contributed by atoms with Gasteiger partial charge in [-0.15, -0.1) is 0 Å². The first-order valence-electron chi connectivity index (χ1n) is 6.98. The highest BCUT2D eigenvalue weighted by atomic mass is 15.2. The lowest BCUT2D eigenvalue weighted by molar-refractivity contribution is 1.10. The van der Waals surface area contributed by atoms with Crippen LogP contribution in [0.2, 0.25) is 0 Å². The first-order chi connectivity index (χ1) is 9.67. The fourth-order valence-electron chi connectivity index (χ4n) is 2.35. The second kappa shape index (κ2) is 6.24. The van der Waals surface area contributed by atoms with E-state index in [0.717, 1.165) is 24.2 Å². The number of nitrogens with zero attached hydrogens (tertiary/aromatic N) is 1. The zero-order valence-electron chi connectivity index (χ0n) is 12.1. The van der Waals surface area contributed by atoms with E-state index in [1.807, 2.05) is 30.3 Å². The third-order valence-electron chi connectivity index (χ3n) is 3.43. The Bertz CT molecular complexity index is 605. The van der Waals surface area contributed by atoms with Gasteiger partial charge in [0.1, 0.15) is 0 Å². The van der Waals surface area contributed by atoms with E-state index in [0.29, 0.717) is 0 Å². The Hall–Kier alpha value is -2.29. The summed E-state index contributed by atoms with van der Waals surface area (Å²) in [5, 5.41) is 7.93. The summed E-state index contributed by atoms with van der Waals surface area (Å²) >= 11 is 0. The number of guanidine groups is 1. The minimum Gasteiger partial charge on any atom is -0.369 e. The predicted octanol–water partition coefficient (Wildman–Crippen LogP) is 3.84. The second-order valence-electron chi connectivity index (χ2n) is 4.73. The molecule has 0 unspecified atom stereocenters. The molecule has 2 rings (SSSR count). The molecule has 0 fully saturated rings. The maximum absolute atomic E-state index is 7.93. The molecule has 0 spiro atoms. The van der Waals surface area contributed by atoms with E-state index in [1.54, 1.807) is 4.90 Å². The number of rotatable bonds is 4. The maximum Gasteiger partial charge on any atom is 0.197 e. The van der Waals surface area contributed by atoms with Crippen LogP contribution in [-0.4, -0.2) is 5.96 Å². The molecule has 2 aromatic carbocycles. The van der Waals surface area contributed by atoms with Gasteiger partial charge in [0.05, 0.1) is 5.69 Å². The molecular weight excluding hydrogens is 246 g/mol. The number of hydrogen-bond donors (Lipinski definition) is 2. The van der Waals surface area contributed by atoms with Crippen LogP contribution in [0.15, 0.2) is 48.5 Å². The lowest BCUT2D eigenvalue weighted by atomic mass is 10.1. The van der Waals surface area contributed by atoms with E-state index in [9.17, 15) is 0 Å². The number of hydrogen-bond acceptors (Lipinski definition) is 1. The number of benzene rings is 2. The molecule has 2 aromatic rings. The summed E-state index contributed by atoms with van der Waals surface area (Å²) < 4.78 is 0. The van der Waals surface area contributed by atoms with Gasteiger partial charge in [-0.1, -0.05) is 44.2 Å². The van der Waals surface area contributed by atoms with Crippen LogP contribution in [0.1, 0.15) is 25.0 Å². The molecule has 0 atom stereocenters. The van der Waals surface area contributed by atoms with Gasteiger partial charge in [0.2, 0.25) is 0 Å². The summed E-state index contributed by atoms with van der Waals surface area (Å²) in [5.41, 5.74) is 10.2. The van der Waals surface area contributed by atoms with Crippen LogP contribution in [-0.2, 0) is 12.8 Å². The first kappa shape index (κ1) is 14.1. The van der Waals surface area contributed by atoms with Gasteiger partial charge in [-0.25, -0.2) is 0 Å². The van der Waals surface area contributed by atoms with Gasteiger partial charge >= 0.3 is 0 Å². The molecule has 0 radical (unpaired) electrons. The molecule has 104 valence electrons. The van der Waals surface area contributed by atoms with E-state index in [1.165, 1.54) is 11.1 Å². The molecule has 0 bridgehead atoms. The summed E-state index contributed by atoms with van der Waals surface area (Å²) in [4.78, 5) is 1.80. The van der Waals surface area contributed by atoms with Gasteiger partial charge < -0.3 is 5.73 Å². The predicted molar refractivity (Wildman–Crippen MR) is 85.7 cm³/mol. The van der Waals surface area contributed by atoms with Gasteiger partial charge in [0, 0.05) is 5.69 Å². The van der Waals surface area contributed by atoms with Crippen LogP contribution in [0.25, 0.3) is 0 Å². The summed E-state index contributed by atoms with van der Waals surface area (Å²) in [6.45, 7) is 4.23. The van der Waals surface area contributed by atoms with Gasteiger partial charge in [0.15, 0.2) is 5.96 Å². The van der Waals surface area contributed by atoms with Gasteiger partial charge in [-0.05, 0) is 42.2 Å². The zero-order chi connectivity index (χ0) is 14.5. The van der Waals surface area contributed by atoms with Crippen LogP contribution in [0.3, 0.4) is 0 Å². The minimum absolute atomic E-state index is 0.0409. The molecule has 0 amide bonds. The molecule has 0 aliphatic rings. The van der Waals surface area contributed by atoms with E-state index < -0.39 is 0 Å². The Labute approximate surface area is 120 Å². The smallest absolute Gasteiger partial charge is 0.197 e. The molecule has 0 saturated heterocycles. The summed E-state index contributed by atoms with van der Waals surface area (Å²) in [7, 11) is 0. The van der Waals surface area contributed by atoms with Gasteiger partial charge in [-0.3, -0.25) is 10.3 Å². The minimum atomic E-state index is 0.0409. The fraction of sp³-hybridized carbons (Fsp3) is 0.235. The molecule has 3 heteroatoms. The zero-order valence-corrected chi connectivity index (χ0v) is 12.1. The van der Waals surface area contributed by atoms with Crippen molar-refractivity contribution in [1.82, 2.24) is 0 Å². The van der Waals surface area contributed by atoms with Crippen LogP contribution in [0, 0.1) is 5.41 Å². The van der Waals surface area contributed by atoms with Crippen molar-refractivity contribution in [2.75, 3.05) is 4.90 Å². The van der Waals surface area contributed by atoms with Crippen molar-refractivity contribution in [3.8, 4) is 0 Å². The van der Waals surface area contributed by atoms with E-state index >= 15 is 0 Å². The highest BCUT2D eigenvalue weighted by Crippen LogP contribution is 2.29. The fourth-order valence-corrected chi connectivity index (χ4v) is 2.35. The molecule has 0 aliphatic carbocycles. The molecule has 0 aliphatic heterocycles. The monoisotopic (exact) mass is 267 g/mol. The maximum atomic E-state index is 7.93. The van der Waals surface area contributed by atoms with Crippen LogP contribution < -0.4 is 10.6 Å². The van der Waals surface area contributed by atoms with Crippen molar-refractivity contribution in [3.05, 3.63) is 59.7 Å². The lowest BCUT2D eigenvalue weighted by Crippen LogP contribution is -2.33. The van der Waals surface area contributed by atoms with E-state index in [4.69, 9.17) is 11.1 Å². The molecule has 3 nitrogen and oxygen atoms in total. The Kier molecular flexibility index (Phi) is 4.41. The number of nitrogens with two attached hydrogens (primary N) is 1. The van der Waals surface area contributed by atoms with Crippen LogP contribution in [0.4, 0.5) is 11.4 Å². The van der Waals surface area contributed by atoms with E-state index in [2.05, 4.69) is 32.0 Å². The summed E-state index contributed by atoms with van der Waals surface area (Å²) in [6, 6.07) is 16.3. The molecule has 3 N–H and O–H groups in total. The largest absolute Gasteiger partial charge is 0.369 e. The SMILES string of the molecule is CCc1cccc(N(C(=N)N)c2ccccc2CC)c1. The summed E-state index contributed by atoms with van der Waals surface area (Å²) in [5.74, 6) is 0.0409. The van der Waals surface area contributed by atoms with Crippen molar-refractivity contribution in [3.63, 3.8) is 0 Å². The van der Waals surface area contributed by atoms with Crippen LogP contribution >= 0.6 is 0 Å². The number of nitrogens with one attached hydrogen (secondary N) is 1. The lowest BCUT2D eigenvalue weighted by Gasteiger charge is -2.25. The third-order valence-corrected chi connectivity index (χ3v) is 3.43. The van der Waals surface area contributed by atoms with Gasteiger partial charge in [-0.2, -0.15) is 0 Å². The highest BCUT2D eigenvalue weighted by Gasteiger charge is 2.15. The molecule has 0 heterocycles. The molecule has 0 aromatic heterocycles. The van der Waals surface area contributed by atoms with Crippen molar-refractivity contribution in [1.29, 1.82) is 5.41 Å².